The first kappa shape index (κ1) is 15.3. The summed E-state index contributed by atoms with van der Waals surface area (Å²) < 4.78 is 6.02. The third-order valence-corrected chi connectivity index (χ3v) is 4.12. The van der Waals surface area contributed by atoms with Gasteiger partial charge in [-0.25, -0.2) is 4.79 Å². The minimum Gasteiger partial charge on any atom is -0.462 e. The number of hydrogen-bond donors (Lipinski definition) is 0. The van der Waals surface area contributed by atoms with E-state index >= 15 is 0 Å². The molecule has 0 amide bonds. The van der Waals surface area contributed by atoms with Gasteiger partial charge in [-0.1, -0.05) is 11.6 Å². The standard InChI is InChI=1S/C14H14ClIN2O2/c1-4-20-14(19)9-7-17-11-6-12(18(2)3)10(16)5-8(11)13(9)15/h5-7H,4H2,1-3H3. The second-order valence-electron chi connectivity index (χ2n) is 4.42. The number of ether oxygens (including phenoxy) is 1. The van der Waals surface area contributed by atoms with Crippen LogP contribution in [0.25, 0.3) is 10.9 Å². The van der Waals surface area contributed by atoms with Gasteiger partial charge in [0.25, 0.3) is 0 Å². The Kier molecular flexibility index (Phi) is 4.70. The molecular weight excluding hydrogens is 391 g/mol. The zero-order valence-electron chi connectivity index (χ0n) is 11.4. The number of hydrogen-bond acceptors (Lipinski definition) is 4. The third-order valence-electron chi connectivity index (χ3n) is 2.85. The van der Waals surface area contributed by atoms with Crippen molar-refractivity contribution in [2.75, 3.05) is 25.6 Å². The summed E-state index contributed by atoms with van der Waals surface area (Å²) in [6.07, 6.45) is 1.47. The topological polar surface area (TPSA) is 42.4 Å². The molecule has 0 N–H and O–H groups in total. The second kappa shape index (κ2) is 6.13. The van der Waals surface area contributed by atoms with E-state index in [-0.39, 0.29) is 0 Å². The monoisotopic (exact) mass is 404 g/mol. The van der Waals surface area contributed by atoms with Crippen LogP contribution in [0.3, 0.4) is 0 Å². The quantitative estimate of drug-likeness (QED) is 0.577. The molecule has 0 aliphatic rings. The Morgan fingerprint density at radius 3 is 2.75 bits per heavy atom. The molecule has 6 heteroatoms. The molecule has 1 aromatic carbocycles. The van der Waals surface area contributed by atoms with Gasteiger partial charge in [0.1, 0.15) is 0 Å². The predicted octanol–water partition coefficient (Wildman–Crippen LogP) is 3.74. The molecule has 2 rings (SSSR count). The van der Waals surface area contributed by atoms with Crippen molar-refractivity contribution in [1.29, 1.82) is 0 Å². The third kappa shape index (κ3) is 2.83. The van der Waals surface area contributed by atoms with Gasteiger partial charge in [0.15, 0.2) is 0 Å². The van der Waals surface area contributed by atoms with E-state index in [1.807, 2.05) is 31.1 Å². The zero-order valence-corrected chi connectivity index (χ0v) is 14.3. The molecule has 1 heterocycles. The van der Waals surface area contributed by atoms with Crippen LogP contribution in [0.15, 0.2) is 18.3 Å². The minimum absolute atomic E-state index is 0.300. The molecular formula is C14H14ClIN2O2. The van der Waals surface area contributed by atoms with E-state index in [9.17, 15) is 4.79 Å². The fourth-order valence-corrected chi connectivity index (χ4v) is 3.09. The number of halogens is 2. The number of fused-ring (bicyclic) bond motifs is 1. The van der Waals surface area contributed by atoms with Crippen molar-refractivity contribution in [3.05, 3.63) is 32.5 Å². The lowest BCUT2D eigenvalue weighted by Gasteiger charge is -2.16. The number of pyridine rings is 1. The molecule has 106 valence electrons. The van der Waals surface area contributed by atoms with Gasteiger partial charge in [-0.2, -0.15) is 0 Å². The molecule has 2 aromatic rings. The highest BCUT2D eigenvalue weighted by Gasteiger charge is 2.16. The molecule has 0 atom stereocenters. The Morgan fingerprint density at radius 2 is 2.15 bits per heavy atom. The fraction of sp³-hybridized carbons (Fsp3) is 0.286. The number of anilines is 1. The van der Waals surface area contributed by atoms with Crippen LogP contribution < -0.4 is 4.90 Å². The van der Waals surface area contributed by atoms with Gasteiger partial charge in [-0.3, -0.25) is 4.98 Å². The van der Waals surface area contributed by atoms with Crippen LogP contribution in [0.1, 0.15) is 17.3 Å². The summed E-state index contributed by atoms with van der Waals surface area (Å²) in [4.78, 5) is 18.1. The molecule has 0 saturated heterocycles. The SMILES string of the molecule is CCOC(=O)c1cnc2cc(N(C)C)c(I)cc2c1Cl. The molecule has 0 unspecified atom stereocenters. The Balaban J connectivity index is 2.62. The maximum atomic E-state index is 11.8. The first-order chi connectivity index (χ1) is 9.45. The number of carbonyl (C=O) groups excluding carboxylic acids is 1. The molecule has 20 heavy (non-hydrogen) atoms. The molecule has 4 nitrogen and oxygen atoms in total. The van der Waals surface area contributed by atoms with Gasteiger partial charge < -0.3 is 9.64 Å². The normalized spacial score (nSPS) is 10.7. The lowest BCUT2D eigenvalue weighted by molar-refractivity contribution is 0.0526. The lowest BCUT2D eigenvalue weighted by Crippen LogP contribution is -2.11. The highest BCUT2D eigenvalue weighted by atomic mass is 127. The van der Waals surface area contributed by atoms with Crippen LogP contribution in [0.4, 0.5) is 5.69 Å². The van der Waals surface area contributed by atoms with Crippen molar-refractivity contribution in [2.24, 2.45) is 0 Å². The van der Waals surface area contributed by atoms with Crippen LogP contribution in [0.2, 0.25) is 5.02 Å². The average molecular weight is 405 g/mol. The highest BCUT2D eigenvalue weighted by molar-refractivity contribution is 14.1. The van der Waals surface area contributed by atoms with E-state index in [0.717, 1.165) is 20.2 Å². The number of aromatic nitrogens is 1. The number of benzene rings is 1. The minimum atomic E-state index is -0.446. The number of esters is 1. The second-order valence-corrected chi connectivity index (χ2v) is 5.96. The summed E-state index contributed by atoms with van der Waals surface area (Å²) in [5, 5.41) is 1.14. The Bertz CT molecular complexity index is 674. The highest BCUT2D eigenvalue weighted by Crippen LogP contribution is 2.32. The summed E-state index contributed by atoms with van der Waals surface area (Å²) in [5.41, 5.74) is 2.12. The first-order valence-electron chi connectivity index (χ1n) is 6.08. The van der Waals surface area contributed by atoms with Crippen LogP contribution in [-0.2, 0) is 4.74 Å². The van der Waals surface area contributed by atoms with Gasteiger partial charge >= 0.3 is 5.97 Å². The zero-order chi connectivity index (χ0) is 14.9. The van der Waals surface area contributed by atoms with Crippen molar-refractivity contribution >= 4 is 56.8 Å². The summed E-state index contributed by atoms with van der Waals surface area (Å²) in [6.45, 7) is 2.07. The van der Waals surface area contributed by atoms with E-state index in [1.54, 1.807) is 6.92 Å². The summed E-state index contributed by atoms with van der Waals surface area (Å²) in [5.74, 6) is -0.446. The van der Waals surface area contributed by atoms with Crippen LogP contribution in [-0.4, -0.2) is 31.7 Å². The van der Waals surface area contributed by atoms with Crippen LogP contribution in [0, 0.1) is 3.57 Å². The molecule has 0 spiro atoms. The van der Waals surface area contributed by atoms with Crippen LogP contribution in [0.5, 0.6) is 0 Å². The van der Waals surface area contributed by atoms with E-state index < -0.39 is 5.97 Å². The van der Waals surface area contributed by atoms with Crippen molar-refractivity contribution in [1.82, 2.24) is 4.98 Å². The van der Waals surface area contributed by atoms with Crippen molar-refractivity contribution in [3.8, 4) is 0 Å². The molecule has 0 aliphatic heterocycles. The largest absolute Gasteiger partial charge is 0.462 e. The summed E-state index contributed by atoms with van der Waals surface area (Å²) >= 11 is 8.56. The van der Waals surface area contributed by atoms with Gasteiger partial charge in [0, 0.05) is 29.2 Å². The van der Waals surface area contributed by atoms with Crippen molar-refractivity contribution in [3.63, 3.8) is 0 Å². The van der Waals surface area contributed by atoms with E-state index in [2.05, 4.69) is 27.6 Å². The van der Waals surface area contributed by atoms with Gasteiger partial charge in [0.2, 0.25) is 0 Å². The molecule has 0 radical (unpaired) electrons. The average Bonchev–Trinajstić information content (AvgIpc) is 2.39. The van der Waals surface area contributed by atoms with Gasteiger partial charge in [-0.15, -0.1) is 0 Å². The smallest absolute Gasteiger partial charge is 0.341 e. The molecule has 0 aliphatic carbocycles. The Morgan fingerprint density at radius 1 is 1.45 bits per heavy atom. The van der Waals surface area contributed by atoms with Crippen molar-refractivity contribution in [2.45, 2.75) is 6.92 Å². The Hall–Kier alpha value is -1.08. The number of nitrogens with zero attached hydrogens (tertiary/aromatic N) is 2. The van der Waals surface area contributed by atoms with E-state index in [4.69, 9.17) is 16.3 Å². The predicted molar refractivity (Wildman–Crippen MR) is 89.8 cm³/mol. The van der Waals surface area contributed by atoms with E-state index in [1.165, 1.54) is 6.20 Å². The number of carbonyl (C=O) groups is 1. The lowest BCUT2D eigenvalue weighted by atomic mass is 10.1. The molecule has 0 fully saturated rings. The fourth-order valence-electron chi connectivity index (χ4n) is 1.86. The van der Waals surface area contributed by atoms with Gasteiger partial charge in [-0.05, 0) is 41.6 Å². The van der Waals surface area contributed by atoms with Gasteiger partial charge in [0.05, 0.1) is 28.4 Å². The Labute approximate surface area is 136 Å². The summed E-state index contributed by atoms with van der Waals surface area (Å²) in [7, 11) is 3.94. The van der Waals surface area contributed by atoms with Crippen LogP contribution >= 0.6 is 34.2 Å². The maximum absolute atomic E-state index is 11.8. The van der Waals surface area contributed by atoms with E-state index in [0.29, 0.717) is 17.2 Å². The molecule has 1 aromatic heterocycles. The number of rotatable bonds is 3. The summed E-state index contributed by atoms with van der Waals surface area (Å²) in [6, 6.07) is 3.89. The molecule has 0 saturated carbocycles. The van der Waals surface area contributed by atoms with Crippen molar-refractivity contribution < 1.29 is 9.53 Å². The maximum Gasteiger partial charge on any atom is 0.341 e. The molecule has 0 bridgehead atoms. The first-order valence-corrected chi connectivity index (χ1v) is 7.53.